The van der Waals surface area contributed by atoms with E-state index in [0.29, 0.717) is 28.1 Å². The lowest BCUT2D eigenvalue weighted by atomic mass is 9.84. The number of benzene rings is 2. The highest BCUT2D eigenvalue weighted by atomic mass is 16.6. The largest absolute Gasteiger partial charge is 0.505 e. The molecule has 0 spiro atoms. The van der Waals surface area contributed by atoms with Crippen LogP contribution >= 0.6 is 0 Å². The molecule has 0 aromatic heterocycles. The molecule has 1 fully saturated rings. The molecule has 2 aromatic carbocycles. The minimum Gasteiger partial charge on any atom is -0.505 e. The van der Waals surface area contributed by atoms with Gasteiger partial charge in [0.25, 0.3) is 0 Å². The first-order chi connectivity index (χ1) is 17.8. The second-order valence-corrected chi connectivity index (χ2v) is 12.0. The van der Waals surface area contributed by atoms with Gasteiger partial charge in [-0.2, -0.15) is 0 Å². The summed E-state index contributed by atoms with van der Waals surface area (Å²) in [6, 6.07) is 8.64. The third-order valence-corrected chi connectivity index (χ3v) is 6.54. The van der Waals surface area contributed by atoms with Gasteiger partial charge in [0, 0.05) is 17.3 Å². The van der Waals surface area contributed by atoms with Gasteiger partial charge in [0.15, 0.2) is 0 Å². The Morgan fingerprint density at radius 3 is 2.05 bits per heavy atom. The maximum absolute atomic E-state index is 13.1. The van der Waals surface area contributed by atoms with E-state index in [2.05, 4.69) is 16.0 Å². The summed E-state index contributed by atoms with van der Waals surface area (Å²) in [4.78, 5) is 25.3. The highest BCUT2D eigenvalue weighted by Gasteiger charge is 2.28. The molecule has 3 amide bonds. The van der Waals surface area contributed by atoms with E-state index in [-0.39, 0.29) is 23.5 Å². The number of phenols is 1. The van der Waals surface area contributed by atoms with Gasteiger partial charge in [-0.3, -0.25) is 5.32 Å². The second kappa shape index (κ2) is 12.0. The molecule has 1 aliphatic carbocycles. The van der Waals surface area contributed by atoms with E-state index in [1.807, 2.05) is 26.8 Å². The van der Waals surface area contributed by atoms with Crippen LogP contribution in [0.3, 0.4) is 0 Å². The zero-order chi connectivity index (χ0) is 28.1. The van der Waals surface area contributed by atoms with Crippen LogP contribution in [-0.2, 0) is 10.2 Å². The Bertz CT molecular complexity index is 1120. The van der Waals surface area contributed by atoms with Gasteiger partial charge in [0.1, 0.15) is 17.1 Å². The molecule has 0 saturated heterocycles. The van der Waals surface area contributed by atoms with Crippen molar-refractivity contribution in [3.05, 3.63) is 35.9 Å². The third kappa shape index (κ3) is 7.79. The van der Waals surface area contributed by atoms with Crippen molar-refractivity contribution in [2.75, 3.05) is 17.7 Å². The summed E-state index contributed by atoms with van der Waals surface area (Å²) in [7, 11) is 1.57. The van der Waals surface area contributed by atoms with E-state index in [0.717, 1.165) is 25.7 Å². The molecule has 4 N–H and O–H groups in total. The molecular formula is C30H43N3O5. The number of urea groups is 1. The molecule has 8 heteroatoms. The van der Waals surface area contributed by atoms with Gasteiger partial charge in [-0.15, -0.1) is 0 Å². The Morgan fingerprint density at radius 2 is 1.53 bits per heavy atom. The number of phenolic OH excluding ortho intramolecular Hbond substituents is 1. The summed E-state index contributed by atoms with van der Waals surface area (Å²) in [6.45, 7) is 11.4. The molecule has 0 heterocycles. The topological polar surface area (TPSA) is 109 Å². The Labute approximate surface area is 226 Å². The van der Waals surface area contributed by atoms with Crippen molar-refractivity contribution in [2.24, 2.45) is 0 Å². The fraction of sp³-hybridized carbons (Fsp3) is 0.533. The van der Waals surface area contributed by atoms with Crippen LogP contribution in [0.1, 0.15) is 85.6 Å². The summed E-state index contributed by atoms with van der Waals surface area (Å²) in [5.74, 6) is 0.519. The Balaban J connectivity index is 1.97. The molecule has 0 unspecified atom stereocenters. The van der Waals surface area contributed by atoms with Crippen LogP contribution in [0, 0.1) is 0 Å². The van der Waals surface area contributed by atoms with E-state index in [1.54, 1.807) is 52.1 Å². The highest BCUT2D eigenvalue weighted by Crippen LogP contribution is 2.48. The molecule has 1 aliphatic rings. The molecule has 0 bridgehead atoms. The minimum absolute atomic E-state index is 0.000253. The van der Waals surface area contributed by atoms with Crippen molar-refractivity contribution >= 4 is 23.5 Å². The summed E-state index contributed by atoms with van der Waals surface area (Å²) in [6.07, 6.45) is 5.92. The smallest absolute Gasteiger partial charge is 0.412 e. The summed E-state index contributed by atoms with van der Waals surface area (Å²) < 4.78 is 11.1. The van der Waals surface area contributed by atoms with Gasteiger partial charge in [0.2, 0.25) is 0 Å². The standard InChI is InChI=1S/C30H43N3O5/c1-29(2,3)22-18-23(37-7)24(19-14-16-21(17-15-19)32-28(36)38-30(4,5)6)25(26(22)34)33-27(35)31-20-12-10-8-9-11-13-20/h14-18,20,34H,8-13H2,1-7H3,(H,32,36)(H2,31,33,35). The number of carbonyl (C=O) groups is 2. The van der Waals surface area contributed by atoms with Crippen LogP contribution in [0.2, 0.25) is 0 Å². The van der Waals surface area contributed by atoms with E-state index in [4.69, 9.17) is 9.47 Å². The number of amides is 3. The van der Waals surface area contributed by atoms with Crippen molar-refractivity contribution in [2.45, 2.75) is 97.1 Å². The summed E-state index contributed by atoms with van der Waals surface area (Å²) >= 11 is 0. The van der Waals surface area contributed by atoms with Gasteiger partial charge in [-0.1, -0.05) is 58.6 Å². The zero-order valence-corrected chi connectivity index (χ0v) is 23.8. The number of hydrogen-bond donors (Lipinski definition) is 4. The van der Waals surface area contributed by atoms with Crippen molar-refractivity contribution < 1.29 is 24.2 Å². The van der Waals surface area contributed by atoms with Crippen LogP contribution in [0.15, 0.2) is 30.3 Å². The number of carbonyl (C=O) groups excluding carboxylic acids is 2. The second-order valence-electron chi connectivity index (χ2n) is 12.0. The van der Waals surface area contributed by atoms with Crippen LogP contribution < -0.4 is 20.7 Å². The summed E-state index contributed by atoms with van der Waals surface area (Å²) in [5.41, 5.74) is 1.75. The SMILES string of the molecule is COc1cc(C(C)(C)C)c(O)c(NC(=O)NC2CCCCCC2)c1-c1ccc(NC(=O)OC(C)(C)C)cc1. The van der Waals surface area contributed by atoms with E-state index >= 15 is 0 Å². The Hall–Kier alpha value is -3.42. The predicted octanol–water partition coefficient (Wildman–Crippen LogP) is 7.56. The molecule has 0 aliphatic heterocycles. The first-order valence-electron chi connectivity index (χ1n) is 13.4. The number of aromatic hydroxyl groups is 1. The lowest BCUT2D eigenvalue weighted by Gasteiger charge is -2.26. The fourth-order valence-electron chi connectivity index (χ4n) is 4.69. The third-order valence-electron chi connectivity index (χ3n) is 6.54. The number of nitrogens with one attached hydrogen (secondary N) is 3. The highest BCUT2D eigenvalue weighted by molar-refractivity contribution is 5.99. The molecule has 3 rings (SSSR count). The Morgan fingerprint density at radius 1 is 0.921 bits per heavy atom. The lowest BCUT2D eigenvalue weighted by molar-refractivity contribution is 0.0636. The van der Waals surface area contributed by atoms with Gasteiger partial charge in [-0.25, -0.2) is 9.59 Å². The van der Waals surface area contributed by atoms with Gasteiger partial charge >= 0.3 is 12.1 Å². The monoisotopic (exact) mass is 525 g/mol. The number of hydrogen-bond acceptors (Lipinski definition) is 5. The molecular weight excluding hydrogens is 482 g/mol. The predicted molar refractivity (Wildman–Crippen MR) is 152 cm³/mol. The first kappa shape index (κ1) is 29.1. The van der Waals surface area contributed by atoms with Crippen LogP contribution in [0.5, 0.6) is 11.5 Å². The minimum atomic E-state index is -0.610. The molecule has 2 aromatic rings. The molecule has 38 heavy (non-hydrogen) atoms. The lowest BCUT2D eigenvalue weighted by Crippen LogP contribution is -2.37. The van der Waals surface area contributed by atoms with Gasteiger partial charge in [-0.05, 0) is 62.8 Å². The fourth-order valence-corrected chi connectivity index (χ4v) is 4.69. The maximum atomic E-state index is 13.1. The quantitative estimate of drug-likeness (QED) is 0.238. The molecule has 0 radical (unpaired) electrons. The average molecular weight is 526 g/mol. The number of methoxy groups -OCH3 is 1. The molecule has 8 nitrogen and oxygen atoms in total. The molecule has 0 atom stereocenters. The van der Waals surface area contributed by atoms with Crippen LogP contribution in [0.25, 0.3) is 11.1 Å². The first-order valence-corrected chi connectivity index (χ1v) is 13.4. The Kier molecular flexibility index (Phi) is 9.18. The van der Waals surface area contributed by atoms with Gasteiger partial charge < -0.3 is 25.2 Å². The van der Waals surface area contributed by atoms with Gasteiger partial charge in [0.05, 0.1) is 18.4 Å². The van der Waals surface area contributed by atoms with Crippen LogP contribution in [0.4, 0.5) is 21.0 Å². The van der Waals surface area contributed by atoms with Crippen molar-refractivity contribution in [3.63, 3.8) is 0 Å². The molecule has 208 valence electrons. The molecule has 1 saturated carbocycles. The average Bonchev–Trinajstić information content (AvgIpc) is 3.07. The number of anilines is 2. The number of rotatable bonds is 5. The maximum Gasteiger partial charge on any atom is 0.412 e. The van der Waals surface area contributed by atoms with E-state index in [9.17, 15) is 14.7 Å². The van der Waals surface area contributed by atoms with Crippen molar-refractivity contribution in [3.8, 4) is 22.6 Å². The van der Waals surface area contributed by atoms with Crippen LogP contribution in [-0.4, -0.2) is 36.0 Å². The van der Waals surface area contributed by atoms with E-state index < -0.39 is 17.1 Å². The van der Waals surface area contributed by atoms with E-state index in [1.165, 1.54) is 12.8 Å². The zero-order valence-electron chi connectivity index (χ0n) is 23.8. The summed E-state index contributed by atoms with van der Waals surface area (Å²) in [5, 5.41) is 20.1. The normalized spacial score (nSPS) is 14.8. The van der Waals surface area contributed by atoms with Crippen molar-refractivity contribution in [1.29, 1.82) is 0 Å². The van der Waals surface area contributed by atoms with Crippen molar-refractivity contribution in [1.82, 2.24) is 5.32 Å². The number of ether oxygens (including phenoxy) is 2.